The Hall–Kier alpha value is -3.32. The lowest BCUT2D eigenvalue weighted by atomic mass is 9.91. The number of hydrogen-bond acceptors (Lipinski definition) is 5. The maximum Gasteiger partial charge on any atom is 0.407 e. The molecule has 0 aliphatic heterocycles. The molecule has 2 aromatic heterocycles. The fourth-order valence-electron chi connectivity index (χ4n) is 3.67. The van der Waals surface area contributed by atoms with Crippen LogP contribution in [0, 0.1) is 11.3 Å². The molecule has 0 aliphatic carbocycles. The molecule has 2 heterocycles. The van der Waals surface area contributed by atoms with Gasteiger partial charge in [-0.1, -0.05) is 31.9 Å². The number of nitrogens with one attached hydrogen (secondary N) is 2. The highest BCUT2D eigenvalue weighted by Gasteiger charge is 2.37. The largest absolute Gasteiger partial charge is 0.407 e. The predicted octanol–water partition coefficient (Wildman–Crippen LogP) is 4.85. The molecule has 3 aromatic rings. The fourth-order valence-corrected chi connectivity index (χ4v) is 3.67. The number of aromatic nitrogens is 3. The highest BCUT2D eigenvalue weighted by atomic mass is 19.4. The number of halogens is 3. The summed E-state index contributed by atoms with van der Waals surface area (Å²) in [5.41, 5.74) is 5.22. The molecule has 7 nitrogen and oxygen atoms in total. The van der Waals surface area contributed by atoms with E-state index >= 15 is 0 Å². The predicted molar refractivity (Wildman–Crippen MR) is 116 cm³/mol. The van der Waals surface area contributed by atoms with Crippen molar-refractivity contribution >= 4 is 22.4 Å². The minimum absolute atomic E-state index is 0.0718. The Morgan fingerprint density at radius 2 is 1.97 bits per heavy atom. The number of H-pyrrole nitrogens is 1. The van der Waals surface area contributed by atoms with Crippen molar-refractivity contribution in [1.29, 1.82) is 5.26 Å². The number of alkyl halides is 3. The van der Waals surface area contributed by atoms with Crippen LogP contribution in [0.1, 0.15) is 51.1 Å². The lowest BCUT2D eigenvalue weighted by molar-refractivity contribution is -0.149. The molecular weight excluding hydrogens is 421 g/mol. The zero-order chi connectivity index (χ0) is 23.5. The van der Waals surface area contributed by atoms with Crippen molar-refractivity contribution in [3.63, 3.8) is 0 Å². The number of nitrogens with two attached hydrogens (primary N) is 1. The van der Waals surface area contributed by atoms with Crippen LogP contribution < -0.4 is 16.6 Å². The molecule has 2 atom stereocenters. The standard InChI is InChI=1S/C22H25F3N6O/c1-3-4-10-21(2,11-12-26)31-16-9-13-28-20(32)17(16)19(30-31)29-15-7-5-14(6-8-15)18(27)22(23,24)25/h5-9,13,18H,3-4,10-11,27H2,1-2H3,(H,28,32)(H,29,30). The minimum atomic E-state index is -4.54. The van der Waals surface area contributed by atoms with E-state index in [-0.39, 0.29) is 23.4 Å². The SMILES string of the molecule is CCCCC(C)(CC#N)n1nc(Nc2ccc(C(N)C(F)(F)F)cc2)c2c(=O)[nH]ccc21. The summed E-state index contributed by atoms with van der Waals surface area (Å²) in [4.78, 5) is 15.2. The number of nitrogens with zero attached hydrogens (tertiary/aromatic N) is 3. The number of pyridine rings is 1. The molecule has 0 fully saturated rings. The minimum Gasteiger partial charge on any atom is -0.338 e. The first-order chi connectivity index (χ1) is 15.1. The van der Waals surface area contributed by atoms with Gasteiger partial charge in [0, 0.05) is 11.9 Å². The van der Waals surface area contributed by atoms with Crippen molar-refractivity contribution in [3.8, 4) is 6.07 Å². The van der Waals surface area contributed by atoms with Crippen molar-refractivity contribution in [2.45, 2.75) is 57.3 Å². The van der Waals surface area contributed by atoms with E-state index in [9.17, 15) is 23.2 Å². The van der Waals surface area contributed by atoms with Gasteiger partial charge in [0.2, 0.25) is 0 Å². The van der Waals surface area contributed by atoms with E-state index in [4.69, 9.17) is 5.73 Å². The van der Waals surface area contributed by atoms with E-state index in [1.807, 2.05) is 6.92 Å². The Balaban J connectivity index is 2.03. The van der Waals surface area contributed by atoms with E-state index in [1.54, 1.807) is 10.7 Å². The molecule has 0 spiro atoms. The topological polar surface area (TPSA) is 113 Å². The maximum absolute atomic E-state index is 12.9. The van der Waals surface area contributed by atoms with Crippen molar-refractivity contribution in [2.75, 3.05) is 5.32 Å². The maximum atomic E-state index is 12.9. The van der Waals surface area contributed by atoms with Gasteiger partial charge < -0.3 is 16.0 Å². The van der Waals surface area contributed by atoms with Gasteiger partial charge in [0.15, 0.2) is 5.82 Å². The molecule has 0 aliphatic rings. The van der Waals surface area contributed by atoms with Crippen LogP contribution in [0.5, 0.6) is 0 Å². The van der Waals surface area contributed by atoms with Gasteiger partial charge in [-0.2, -0.15) is 23.5 Å². The molecule has 0 amide bonds. The molecule has 4 N–H and O–H groups in total. The summed E-state index contributed by atoms with van der Waals surface area (Å²) in [6, 6.07) is 7.33. The monoisotopic (exact) mass is 446 g/mol. The second-order valence-electron chi connectivity index (χ2n) is 8.03. The van der Waals surface area contributed by atoms with E-state index < -0.39 is 17.8 Å². The van der Waals surface area contributed by atoms with Crippen LogP contribution in [0.15, 0.2) is 41.3 Å². The molecule has 0 bridgehead atoms. The molecule has 32 heavy (non-hydrogen) atoms. The smallest absolute Gasteiger partial charge is 0.338 e. The van der Waals surface area contributed by atoms with Gasteiger partial charge in [-0.3, -0.25) is 9.48 Å². The first-order valence-electron chi connectivity index (χ1n) is 10.3. The van der Waals surface area contributed by atoms with Crippen molar-refractivity contribution in [3.05, 3.63) is 52.4 Å². The third-order valence-corrected chi connectivity index (χ3v) is 5.53. The molecule has 0 saturated carbocycles. The average Bonchev–Trinajstić information content (AvgIpc) is 3.12. The molecule has 1 aromatic carbocycles. The summed E-state index contributed by atoms with van der Waals surface area (Å²) in [7, 11) is 0. The number of benzene rings is 1. The molecule has 10 heteroatoms. The van der Waals surface area contributed by atoms with Crippen molar-refractivity contribution in [2.24, 2.45) is 5.73 Å². The quantitative estimate of drug-likeness (QED) is 0.458. The Morgan fingerprint density at radius 1 is 1.28 bits per heavy atom. The van der Waals surface area contributed by atoms with Crippen molar-refractivity contribution in [1.82, 2.24) is 14.8 Å². The summed E-state index contributed by atoms with van der Waals surface area (Å²) in [6.07, 6.45) is -0.289. The van der Waals surface area contributed by atoms with Crippen LogP contribution in [-0.4, -0.2) is 20.9 Å². The second-order valence-corrected chi connectivity index (χ2v) is 8.03. The lowest BCUT2D eigenvalue weighted by Gasteiger charge is -2.28. The van der Waals surface area contributed by atoms with Gasteiger partial charge in [-0.05, 0) is 37.1 Å². The number of aromatic amines is 1. The number of unbranched alkanes of at least 4 members (excludes halogenated alkanes) is 1. The van der Waals surface area contributed by atoms with Gasteiger partial charge in [-0.15, -0.1) is 0 Å². The van der Waals surface area contributed by atoms with Gasteiger partial charge in [-0.25, -0.2) is 0 Å². The van der Waals surface area contributed by atoms with E-state index in [0.717, 1.165) is 12.8 Å². The molecule has 0 radical (unpaired) electrons. The lowest BCUT2D eigenvalue weighted by Crippen LogP contribution is -2.31. The van der Waals surface area contributed by atoms with Gasteiger partial charge in [0.1, 0.15) is 11.4 Å². The number of rotatable bonds is 8. The van der Waals surface area contributed by atoms with Crippen molar-refractivity contribution < 1.29 is 13.2 Å². The van der Waals surface area contributed by atoms with E-state index in [1.165, 1.54) is 30.5 Å². The highest BCUT2D eigenvalue weighted by Crippen LogP contribution is 2.34. The summed E-state index contributed by atoms with van der Waals surface area (Å²) in [5.74, 6) is 0.260. The fraction of sp³-hybridized carbons (Fsp3) is 0.409. The number of hydrogen-bond donors (Lipinski definition) is 3. The molecular formula is C22H25F3N6O. The van der Waals surface area contributed by atoms with Crippen LogP contribution in [0.2, 0.25) is 0 Å². The van der Waals surface area contributed by atoms with Crippen LogP contribution >= 0.6 is 0 Å². The Bertz CT molecular complexity index is 1180. The summed E-state index contributed by atoms with van der Waals surface area (Å²) in [5, 5.41) is 17.3. The van der Waals surface area contributed by atoms with Crippen LogP contribution in [0.3, 0.4) is 0 Å². The average molecular weight is 446 g/mol. The zero-order valence-corrected chi connectivity index (χ0v) is 17.8. The summed E-state index contributed by atoms with van der Waals surface area (Å²) >= 11 is 0. The first kappa shape index (κ1) is 23.3. The summed E-state index contributed by atoms with van der Waals surface area (Å²) in [6.45, 7) is 3.98. The Kier molecular flexibility index (Phi) is 6.60. The van der Waals surface area contributed by atoms with Crippen LogP contribution in [0.4, 0.5) is 24.7 Å². The zero-order valence-electron chi connectivity index (χ0n) is 17.8. The second kappa shape index (κ2) is 9.04. The molecule has 3 rings (SSSR count). The first-order valence-corrected chi connectivity index (χ1v) is 10.3. The Labute approximate surface area is 183 Å². The number of nitriles is 1. The molecule has 170 valence electrons. The number of anilines is 2. The Morgan fingerprint density at radius 3 is 2.56 bits per heavy atom. The van der Waals surface area contributed by atoms with Gasteiger partial charge in [0.05, 0.1) is 23.5 Å². The van der Waals surface area contributed by atoms with Crippen LogP contribution in [0.25, 0.3) is 10.9 Å². The number of fused-ring (bicyclic) bond motifs is 1. The summed E-state index contributed by atoms with van der Waals surface area (Å²) < 4.78 is 40.3. The molecule has 2 unspecified atom stereocenters. The van der Waals surface area contributed by atoms with Gasteiger partial charge in [0.25, 0.3) is 5.56 Å². The van der Waals surface area contributed by atoms with E-state index in [2.05, 4.69) is 28.4 Å². The van der Waals surface area contributed by atoms with E-state index in [0.29, 0.717) is 23.0 Å². The molecule has 0 saturated heterocycles. The van der Waals surface area contributed by atoms with Crippen LogP contribution in [-0.2, 0) is 5.54 Å². The highest BCUT2D eigenvalue weighted by molar-refractivity contribution is 5.91. The third-order valence-electron chi connectivity index (χ3n) is 5.53. The van der Waals surface area contributed by atoms with Gasteiger partial charge >= 0.3 is 6.18 Å². The third kappa shape index (κ3) is 4.62. The normalized spacial score (nSPS) is 14.7.